The number of Topliss-reactive ketones (excluding diaryl/α,β-unsaturated/α-hetero) is 1. The van der Waals surface area contributed by atoms with Gasteiger partial charge in [-0.25, -0.2) is 0 Å². The maximum absolute atomic E-state index is 13.1. The van der Waals surface area contributed by atoms with Crippen LogP contribution >= 0.6 is 0 Å². The molecule has 2 heterocycles. The lowest BCUT2D eigenvalue weighted by molar-refractivity contribution is -0.140. The Morgan fingerprint density at radius 3 is 2.40 bits per heavy atom. The number of aliphatic hydroxyl groups excluding tert-OH is 1. The second kappa shape index (κ2) is 9.22. The summed E-state index contributed by atoms with van der Waals surface area (Å²) in [5.41, 5.74) is 3.30. The predicted molar refractivity (Wildman–Crippen MR) is 117 cm³/mol. The molecule has 6 heteroatoms. The van der Waals surface area contributed by atoms with Gasteiger partial charge in [0.15, 0.2) is 0 Å². The second-order valence-corrected chi connectivity index (χ2v) is 7.62. The van der Waals surface area contributed by atoms with Gasteiger partial charge in [-0.3, -0.25) is 14.6 Å². The molecular formula is C24H29N3O3. The number of amides is 1. The fourth-order valence-electron chi connectivity index (χ4n) is 3.93. The molecule has 1 unspecified atom stereocenters. The molecule has 0 saturated carbocycles. The third kappa shape index (κ3) is 4.14. The highest BCUT2D eigenvalue weighted by Crippen LogP contribution is 2.39. The molecule has 30 heavy (non-hydrogen) atoms. The van der Waals surface area contributed by atoms with E-state index >= 15 is 0 Å². The van der Waals surface area contributed by atoms with Crippen molar-refractivity contribution >= 4 is 17.4 Å². The molecule has 0 spiro atoms. The van der Waals surface area contributed by atoms with Gasteiger partial charge in [0.2, 0.25) is 0 Å². The van der Waals surface area contributed by atoms with E-state index in [2.05, 4.69) is 23.7 Å². The molecule has 1 saturated heterocycles. The van der Waals surface area contributed by atoms with Crippen LogP contribution in [0, 0.1) is 13.8 Å². The van der Waals surface area contributed by atoms with Gasteiger partial charge in [-0.05, 0) is 56.3 Å². The van der Waals surface area contributed by atoms with E-state index in [4.69, 9.17) is 0 Å². The number of aromatic nitrogens is 1. The van der Waals surface area contributed by atoms with Crippen LogP contribution in [-0.2, 0) is 9.59 Å². The van der Waals surface area contributed by atoms with Crippen molar-refractivity contribution < 1.29 is 14.7 Å². The molecular weight excluding hydrogens is 378 g/mol. The standard InChI is InChI=1S/C24H29N3O3/c1-5-26(6-2)13-14-27-21(18-9-11-25-12-10-18)20(23(29)24(27)30)22(28)19-15-16(3)7-8-17(19)4/h7-12,15,21,28H,5-6,13-14H2,1-4H3/b22-20-. The van der Waals surface area contributed by atoms with Crippen LogP contribution in [0.5, 0.6) is 0 Å². The number of rotatable bonds is 7. The van der Waals surface area contributed by atoms with Gasteiger partial charge in [0.1, 0.15) is 5.76 Å². The molecule has 3 rings (SSSR count). The highest BCUT2D eigenvalue weighted by Gasteiger charge is 2.46. The number of aliphatic hydroxyl groups is 1. The number of likely N-dealkylation sites (N-methyl/N-ethyl adjacent to an activating group) is 1. The number of ketones is 1. The molecule has 0 bridgehead atoms. The second-order valence-electron chi connectivity index (χ2n) is 7.62. The molecule has 6 nitrogen and oxygen atoms in total. The van der Waals surface area contributed by atoms with E-state index in [-0.39, 0.29) is 11.3 Å². The summed E-state index contributed by atoms with van der Waals surface area (Å²) in [6.07, 6.45) is 3.27. The summed E-state index contributed by atoms with van der Waals surface area (Å²) in [6.45, 7) is 10.7. The number of likely N-dealkylation sites (tertiary alicyclic amines) is 1. The lowest BCUT2D eigenvalue weighted by Crippen LogP contribution is -2.38. The van der Waals surface area contributed by atoms with Crippen molar-refractivity contribution in [1.29, 1.82) is 0 Å². The van der Waals surface area contributed by atoms with Crippen LogP contribution in [0.4, 0.5) is 0 Å². The van der Waals surface area contributed by atoms with Crippen LogP contribution in [0.25, 0.3) is 5.76 Å². The van der Waals surface area contributed by atoms with Gasteiger partial charge in [-0.15, -0.1) is 0 Å². The van der Waals surface area contributed by atoms with Crippen LogP contribution in [0.1, 0.15) is 42.1 Å². The van der Waals surface area contributed by atoms with Crippen LogP contribution < -0.4 is 0 Å². The van der Waals surface area contributed by atoms with Crippen molar-refractivity contribution in [2.45, 2.75) is 33.7 Å². The summed E-state index contributed by atoms with van der Waals surface area (Å²) in [7, 11) is 0. The molecule has 158 valence electrons. The smallest absolute Gasteiger partial charge is 0.295 e. The van der Waals surface area contributed by atoms with E-state index in [0.29, 0.717) is 18.7 Å². The van der Waals surface area contributed by atoms with E-state index in [1.54, 1.807) is 29.4 Å². The van der Waals surface area contributed by atoms with Gasteiger partial charge in [0.25, 0.3) is 11.7 Å². The third-order valence-electron chi connectivity index (χ3n) is 5.76. The summed E-state index contributed by atoms with van der Waals surface area (Å²) in [5, 5.41) is 11.2. The lowest BCUT2D eigenvalue weighted by Gasteiger charge is -2.28. The summed E-state index contributed by atoms with van der Waals surface area (Å²) in [4.78, 5) is 33.9. The molecule has 0 aliphatic carbocycles. The van der Waals surface area contributed by atoms with E-state index in [9.17, 15) is 14.7 Å². The predicted octanol–water partition coefficient (Wildman–Crippen LogP) is 3.46. The van der Waals surface area contributed by atoms with Crippen molar-refractivity contribution in [1.82, 2.24) is 14.8 Å². The summed E-state index contributed by atoms with van der Waals surface area (Å²) in [6, 6.07) is 8.65. The largest absolute Gasteiger partial charge is 0.507 e. The highest BCUT2D eigenvalue weighted by atomic mass is 16.3. The Hall–Kier alpha value is -2.99. The third-order valence-corrected chi connectivity index (χ3v) is 5.76. The van der Waals surface area contributed by atoms with Gasteiger partial charge in [0, 0.05) is 31.0 Å². The highest BCUT2D eigenvalue weighted by molar-refractivity contribution is 6.46. The number of nitrogens with zero attached hydrogens (tertiary/aromatic N) is 3. The topological polar surface area (TPSA) is 73.7 Å². The number of hydrogen-bond donors (Lipinski definition) is 1. The van der Waals surface area contributed by atoms with Crippen LogP contribution in [-0.4, -0.2) is 57.8 Å². The number of pyridine rings is 1. The first-order valence-electron chi connectivity index (χ1n) is 10.4. The average molecular weight is 408 g/mol. The zero-order chi connectivity index (χ0) is 21.8. The number of hydrogen-bond acceptors (Lipinski definition) is 5. The van der Waals surface area contributed by atoms with Crippen LogP contribution in [0.15, 0.2) is 48.3 Å². The Kier molecular flexibility index (Phi) is 6.67. The van der Waals surface area contributed by atoms with Crippen molar-refractivity contribution in [3.05, 3.63) is 70.6 Å². The first-order chi connectivity index (χ1) is 14.4. The van der Waals surface area contributed by atoms with Gasteiger partial charge < -0.3 is 14.9 Å². The quantitative estimate of drug-likeness (QED) is 0.432. The Labute approximate surface area is 177 Å². The molecule has 1 fully saturated rings. The monoisotopic (exact) mass is 407 g/mol. The maximum Gasteiger partial charge on any atom is 0.295 e. The Bertz CT molecular complexity index is 965. The molecule has 1 amide bonds. The van der Waals surface area contributed by atoms with Gasteiger partial charge >= 0.3 is 0 Å². The van der Waals surface area contributed by atoms with E-state index < -0.39 is 17.7 Å². The van der Waals surface area contributed by atoms with E-state index in [1.807, 2.05) is 32.0 Å². The van der Waals surface area contributed by atoms with Gasteiger partial charge in [0.05, 0.1) is 11.6 Å². The molecule has 1 aliphatic heterocycles. The van der Waals surface area contributed by atoms with Crippen molar-refractivity contribution in [2.24, 2.45) is 0 Å². The number of carbonyl (C=O) groups excluding carboxylic acids is 2. The minimum Gasteiger partial charge on any atom is -0.507 e. The normalized spacial score (nSPS) is 18.4. The van der Waals surface area contributed by atoms with Gasteiger partial charge in [-0.1, -0.05) is 31.5 Å². The summed E-state index contributed by atoms with van der Waals surface area (Å²) < 4.78 is 0. The average Bonchev–Trinajstić information content (AvgIpc) is 3.01. The fourth-order valence-corrected chi connectivity index (χ4v) is 3.93. The first-order valence-corrected chi connectivity index (χ1v) is 10.4. The van der Waals surface area contributed by atoms with Gasteiger partial charge in [-0.2, -0.15) is 0 Å². The van der Waals surface area contributed by atoms with Crippen LogP contribution in [0.3, 0.4) is 0 Å². The Morgan fingerprint density at radius 1 is 1.10 bits per heavy atom. The Morgan fingerprint density at radius 2 is 1.77 bits per heavy atom. The van der Waals surface area contributed by atoms with E-state index in [0.717, 1.165) is 29.8 Å². The van der Waals surface area contributed by atoms with Crippen molar-refractivity contribution in [3.63, 3.8) is 0 Å². The molecule has 1 aromatic heterocycles. The molecule has 1 atom stereocenters. The fraction of sp³-hybridized carbons (Fsp3) is 0.375. The van der Waals surface area contributed by atoms with Crippen LogP contribution in [0.2, 0.25) is 0 Å². The minimum absolute atomic E-state index is 0.123. The zero-order valence-corrected chi connectivity index (χ0v) is 18.1. The summed E-state index contributed by atoms with van der Waals surface area (Å²) >= 11 is 0. The number of benzene rings is 1. The minimum atomic E-state index is -0.644. The molecule has 2 aromatic rings. The van der Waals surface area contributed by atoms with E-state index in [1.165, 1.54) is 0 Å². The number of aryl methyl sites for hydroxylation is 2. The maximum atomic E-state index is 13.1. The zero-order valence-electron chi connectivity index (χ0n) is 18.1. The molecule has 0 radical (unpaired) electrons. The lowest BCUT2D eigenvalue weighted by atomic mass is 9.94. The number of carbonyl (C=O) groups is 2. The SMILES string of the molecule is CCN(CC)CCN1C(=O)C(=O)/C(=C(\O)c2cc(C)ccc2C)C1c1ccncc1. The van der Waals surface area contributed by atoms with Crippen molar-refractivity contribution in [2.75, 3.05) is 26.2 Å². The Balaban J connectivity index is 2.12. The van der Waals surface area contributed by atoms with Crippen molar-refractivity contribution in [3.8, 4) is 0 Å². The molecule has 1 aromatic carbocycles. The molecule has 1 N–H and O–H groups in total. The first kappa shape index (κ1) is 21.7. The summed E-state index contributed by atoms with van der Waals surface area (Å²) in [5.74, 6) is -1.34. The molecule has 1 aliphatic rings.